The summed E-state index contributed by atoms with van der Waals surface area (Å²) in [7, 11) is 2.05. The maximum Gasteiger partial charge on any atom is 0.0576 e. The quantitative estimate of drug-likeness (QED) is 0.851. The zero-order valence-corrected chi connectivity index (χ0v) is 11.0. The van der Waals surface area contributed by atoms with Crippen LogP contribution in [0.5, 0.6) is 0 Å². The molecule has 0 radical (unpaired) electrons. The monoisotopic (exact) mass is 239 g/mol. The van der Waals surface area contributed by atoms with Gasteiger partial charge in [-0.15, -0.1) is 0 Å². The highest BCUT2D eigenvalue weighted by atomic mass is 32.1. The molecule has 2 heterocycles. The highest BCUT2D eigenvalue weighted by Crippen LogP contribution is 2.27. The predicted octanol–water partition coefficient (Wildman–Crippen LogP) is 3.28. The van der Waals surface area contributed by atoms with Crippen LogP contribution in [0.1, 0.15) is 42.9 Å². The fraction of sp³-hybridized carbons (Fsp3) is 0.692. The Hall–Kier alpha value is -0.380. The third-order valence-electron chi connectivity index (χ3n) is 3.42. The molecule has 1 aromatic rings. The number of aryl methyl sites for hydroxylation is 1. The molecule has 0 bridgehead atoms. The summed E-state index contributed by atoms with van der Waals surface area (Å²) in [4.78, 5) is 0. The zero-order chi connectivity index (χ0) is 11.4. The van der Waals surface area contributed by atoms with Crippen LogP contribution in [-0.4, -0.2) is 19.8 Å². The first-order valence-corrected chi connectivity index (χ1v) is 7.07. The van der Waals surface area contributed by atoms with Gasteiger partial charge in [-0.3, -0.25) is 0 Å². The molecule has 0 aliphatic carbocycles. The van der Waals surface area contributed by atoms with Crippen LogP contribution in [0.25, 0.3) is 0 Å². The molecule has 0 saturated carbocycles. The smallest absolute Gasteiger partial charge is 0.0576 e. The van der Waals surface area contributed by atoms with E-state index in [0.29, 0.717) is 12.1 Å². The maximum absolute atomic E-state index is 5.67. The van der Waals surface area contributed by atoms with Gasteiger partial charge >= 0.3 is 0 Å². The van der Waals surface area contributed by atoms with Crippen LogP contribution in [-0.2, 0) is 4.74 Å². The summed E-state index contributed by atoms with van der Waals surface area (Å²) < 4.78 is 5.67. The molecule has 2 nitrogen and oxygen atoms in total. The van der Waals surface area contributed by atoms with E-state index in [1.165, 1.54) is 36.8 Å². The number of nitrogens with one attached hydrogen (secondary N) is 1. The molecule has 0 amide bonds. The van der Waals surface area contributed by atoms with Crippen LogP contribution >= 0.6 is 11.3 Å². The lowest BCUT2D eigenvalue weighted by atomic mass is 9.99. The minimum absolute atomic E-state index is 0.496. The van der Waals surface area contributed by atoms with Gasteiger partial charge in [-0.2, -0.15) is 11.3 Å². The Labute approximate surface area is 102 Å². The fourth-order valence-corrected chi connectivity index (χ4v) is 3.31. The van der Waals surface area contributed by atoms with E-state index in [1.54, 1.807) is 11.3 Å². The van der Waals surface area contributed by atoms with Gasteiger partial charge in [0.1, 0.15) is 0 Å². The van der Waals surface area contributed by atoms with Gasteiger partial charge in [0.2, 0.25) is 0 Å². The first kappa shape index (κ1) is 12.1. The van der Waals surface area contributed by atoms with Crippen LogP contribution in [0.2, 0.25) is 0 Å². The molecule has 90 valence electrons. The SMILES string of the molecule is CNC(CCC1CCCO1)c1cscc1C. The van der Waals surface area contributed by atoms with E-state index in [2.05, 4.69) is 30.0 Å². The van der Waals surface area contributed by atoms with Gasteiger partial charge < -0.3 is 10.1 Å². The van der Waals surface area contributed by atoms with E-state index in [-0.39, 0.29) is 0 Å². The molecule has 3 heteroatoms. The molecule has 1 N–H and O–H groups in total. The van der Waals surface area contributed by atoms with Crippen LogP contribution in [0, 0.1) is 6.92 Å². The van der Waals surface area contributed by atoms with Crippen LogP contribution < -0.4 is 5.32 Å². The van der Waals surface area contributed by atoms with Crippen molar-refractivity contribution in [2.75, 3.05) is 13.7 Å². The van der Waals surface area contributed by atoms with Gasteiger partial charge in [0, 0.05) is 12.6 Å². The highest BCUT2D eigenvalue weighted by Gasteiger charge is 2.19. The zero-order valence-electron chi connectivity index (χ0n) is 10.2. The summed E-state index contributed by atoms with van der Waals surface area (Å²) >= 11 is 1.80. The molecule has 1 saturated heterocycles. The summed E-state index contributed by atoms with van der Waals surface area (Å²) in [6.07, 6.45) is 5.36. The van der Waals surface area contributed by atoms with E-state index < -0.39 is 0 Å². The summed E-state index contributed by atoms with van der Waals surface area (Å²) in [5.74, 6) is 0. The third-order valence-corrected chi connectivity index (χ3v) is 4.30. The van der Waals surface area contributed by atoms with E-state index in [4.69, 9.17) is 4.74 Å². The molecule has 0 aromatic carbocycles. The van der Waals surface area contributed by atoms with E-state index >= 15 is 0 Å². The Morgan fingerprint density at radius 1 is 1.56 bits per heavy atom. The molecule has 1 fully saturated rings. The minimum atomic E-state index is 0.496. The second kappa shape index (κ2) is 5.80. The average Bonchev–Trinajstić information content (AvgIpc) is 2.92. The average molecular weight is 239 g/mol. The number of hydrogen-bond donors (Lipinski definition) is 1. The molecule has 0 spiro atoms. The lowest BCUT2D eigenvalue weighted by molar-refractivity contribution is 0.0998. The number of hydrogen-bond acceptors (Lipinski definition) is 3. The molecule has 1 aliphatic rings. The first-order chi connectivity index (χ1) is 7.81. The fourth-order valence-electron chi connectivity index (χ4n) is 2.41. The van der Waals surface area contributed by atoms with Gasteiger partial charge in [-0.1, -0.05) is 0 Å². The van der Waals surface area contributed by atoms with E-state index in [1.807, 2.05) is 0 Å². The van der Waals surface area contributed by atoms with Crippen molar-refractivity contribution in [1.29, 1.82) is 0 Å². The minimum Gasteiger partial charge on any atom is -0.378 e. The van der Waals surface area contributed by atoms with Crippen molar-refractivity contribution in [3.05, 3.63) is 21.9 Å². The molecule has 2 unspecified atom stereocenters. The maximum atomic E-state index is 5.67. The molecule has 1 aliphatic heterocycles. The number of rotatable bonds is 5. The summed E-state index contributed by atoms with van der Waals surface area (Å²) in [5, 5.41) is 7.92. The first-order valence-electron chi connectivity index (χ1n) is 6.13. The van der Waals surface area contributed by atoms with Crippen molar-refractivity contribution in [3.8, 4) is 0 Å². The summed E-state index contributed by atoms with van der Waals surface area (Å²) in [5.41, 5.74) is 2.88. The Morgan fingerprint density at radius 2 is 2.44 bits per heavy atom. The molecule has 2 atom stereocenters. The highest BCUT2D eigenvalue weighted by molar-refractivity contribution is 7.08. The van der Waals surface area contributed by atoms with Crippen LogP contribution in [0.15, 0.2) is 10.8 Å². The van der Waals surface area contributed by atoms with Crippen molar-refractivity contribution < 1.29 is 4.74 Å². The largest absolute Gasteiger partial charge is 0.378 e. The Balaban J connectivity index is 1.88. The molecule has 16 heavy (non-hydrogen) atoms. The summed E-state index contributed by atoms with van der Waals surface area (Å²) in [6, 6.07) is 0.496. The van der Waals surface area contributed by atoms with Gasteiger partial charge in [0.25, 0.3) is 0 Å². The van der Waals surface area contributed by atoms with Gasteiger partial charge in [-0.25, -0.2) is 0 Å². The van der Waals surface area contributed by atoms with Crippen LogP contribution in [0.3, 0.4) is 0 Å². The molecule has 2 rings (SSSR count). The van der Waals surface area contributed by atoms with Crippen molar-refractivity contribution in [2.45, 2.75) is 44.8 Å². The predicted molar refractivity (Wildman–Crippen MR) is 69.1 cm³/mol. The van der Waals surface area contributed by atoms with Gasteiger partial charge in [0.05, 0.1) is 6.10 Å². The summed E-state index contributed by atoms with van der Waals surface area (Å²) in [6.45, 7) is 3.16. The lowest BCUT2D eigenvalue weighted by Gasteiger charge is -2.18. The van der Waals surface area contributed by atoms with Crippen molar-refractivity contribution in [3.63, 3.8) is 0 Å². The Kier molecular flexibility index (Phi) is 4.38. The lowest BCUT2D eigenvalue weighted by Crippen LogP contribution is -2.18. The second-order valence-electron chi connectivity index (χ2n) is 4.56. The van der Waals surface area contributed by atoms with Gasteiger partial charge in [-0.05, 0) is 61.5 Å². The Bertz CT molecular complexity index is 317. The Morgan fingerprint density at radius 3 is 3.00 bits per heavy atom. The normalized spacial score (nSPS) is 22.5. The van der Waals surface area contributed by atoms with Gasteiger partial charge in [0.15, 0.2) is 0 Å². The number of ether oxygens (including phenoxy) is 1. The van der Waals surface area contributed by atoms with Crippen molar-refractivity contribution in [2.24, 2.45) is 0 Å². The molecular weight excluding hydrogens is 218 g/mol. The van der Waals surface area contributed by atoms with Crippen molar-refractivity contribution in [1.82, 2.24) is 5.32 Å². The number of thiophene rings is 1. The topological polar surface area (TPSA) is 21.3 Å². The van der Waals surface area contributed by atoms with Crippen LogP contribution in [0.4, 0.5) is 0 Å². The van der Waals surface area contributed by atoms with Crippen molar-refractivity contribution >= 4 is 11.3 Å². The standard InChI is InChI=1S/C13H21NOS/c1-10-8-16-9-12(10)13(14-2)6-5-11-4-3-7-15-11/h8-9,11,13-14H,3-7H2,1-2H3. The van der Waals surface area contributed by atoms with E-state index in [9.17, 15) is 0 Å². The third kappa shape index (κ3) is 2.84. The van der Waals surface area contributed by atoms with E-state index in [0.717, 1.165) is 6.61 Å². The second-order valence-corrected chi connectivity index (χ2v) is 5.31. The molecule has 1 aromatic heterocycles. The molecular formula is C13H21NOS.